The van der Waals surface area contributed by atoms with E-state index in [1.54, 1.807) is 7.05 Å². The molecule has 1 rings (SSSR count). The Morgan fingerprint density at radius 3 is 2.95 bits per heavy atom. The van der Waals surface area contributed by atoms with Crippen molar-refractivity contribution in [2.45, 2.75) is 13.0 Å². The van der Waals surface area contributed by atoms with Crippen molar-refractivity contribution in [3.05, 3.63) is 17.8 Å². The van der Waals surface area contributed by atoms with Gasteiger partial charge < -0.3 is 18.7 Å². The number of methoxy groups -OCH3 is 1. The van der Waals surface area contributed by atoms with Gasteiger partial charge in [-0.15, -0.1) is 0 Å². The first-order valence-electron chi connectivity index (χ1n) is 5.58. The molecule has 0 saturated heterocycles. The van der Waals surface area contributed by atoms with E-state index in [0.29, 0.717) is 24.0 Å². The number of aliphatic imine (C=N–C) groups is 1. The van der Waals surface area contributed by atoms with Crippen LogP contribution in [0.15, 0.2) is 15.7 Å². The largest absolute Gasteiger partial charge is 0.476 e. The Morgan fingerprint density at radius 1 is 1.53 bits per heavy atom. The van der Waals surface area contributed by atoms with E-state index in [0.717, 1.165) is 0 Å². The predicted octanol–water partition coefficient (Wildman–Crippen LogP) is 0.282. The van der Waals surface area contributed by atoms with Gasteiger partial charge in [-0.2, -0.15) is 5.48 Å². The molecule has 0 amide bonds. The molecule has 1 heterocycles. The maximum Gasteiger partial charge on any atom is 0.308 e. The highest BCUT2D eigenvalue weighted by molar-refractivity contribution is 5.91. The van der Waals surface area contributed by atoms with Crippen LogP contribution in [0.5, 0.6) is 0 Å². The number of carbonyl (C=O) groups is 1. The van der Waals surface area contributed by atoms with Crippen molar-refractivity contribution in [1.82, 2.24) is 10.5 Å². The monoisotopic (exact) mass is 271 g/mol. The van der Waals surface area contributed by atoms with Crippen molar-refractivity contribution in [3.8, 4) is 0 Å². The van der Waals surface area contributed by atoms with Crippen LogP contribution >= 0.6 is 0 Å². The van der Waals surface area contributed by atoms with Crippen LogP contribution in [-0.4, -0.2) is 44.7 Å². The molecular formula is C11H17N3O5. The third-order valence-electron chi connectivity index (χ3n) is 2.11. The second-order valence-electron chi connectivity index (χ2n) is 3.36. The van der Waals surface area contributed by atoms with Gasteiger partial charge in [-0.05, 0) is 0 Å². The fourth-order valence-electron chi connectivity index (χ4n) is 1.21. The molecule has 0 saturated carbocycles. The summed E-state index contributed by atoms with van der Waals surface area (Å²) in [7, 11) is 4.39. The normalized spacial score (nSPS) is 11.4. The molecule has 0 fully saturated rings. The quantitative estimate of drug-likeness (QED) is 0.329. The average molecular weight is 271 g/mol. The number of nitrogens with one attached hydrogen (secondary N) is 1. The molecule has 0 bridgehead atoms. The van der Waals surface area contributed by atoms with Crippen LogP contribution in [0.1, 0.15) is 18.0 Å². The van der Waals surface area contributed by atoms with E-state index in [9.17, 15) is 4.79 Å². The average Bonchev–Trinajstić information content (AvgIpc) is 2.89. The molecule has 106 valence electrons. The summed E-state index contributed by atoms with van der Waals surface area (Å²) in [6.07, 6.45) is 1.57. The first kappa shape index (κ1) is 15.1. The molecule has 8 heteroatoms. The molecule has 8 nitrogen and oxygen atoms in total. The van der Waals surface area contributed by atoms with E-state index in [4.69, 9.17) is 9.15 Å². The van der Waals surface area contributed by atoms with Crippen LogP contribution in [0, 0.1) is 0 Å². The van der Waals surface area contributed by atoms with Gasteiger partial charge in [-0.3, -0.25) is 9.79 Å². The molecule has 0 aliphatic carbocycles. The number of hydrogen-bond acceptors (Lipinski definition) is 8. The van der Waals surface area contributed by atoms with Gasteiger partial charge in [0.1, 0.15) is 12.9 Å². The van der Waals surface area contributed by atoms with Gasteiger partial charge in [-0.25, -0.2) is 4.98 Å². The number of rotatable bonds is 7. The lowest BCUT2D eigenvalue weighted by Crippen LogP contribution is -2.13. The van der Waals surface area contributed by atoms with Gasteiger partial charge in [0.05, 0.1) is 27.2 Å². The number of oxazole rings is 1. The van der Waals surface area contributed by atoms with Gasteiger partial charge in [0.15, 0.2) is 5.69 Å². The van der Waals surface area contributed by atoms with Gasteiger partial charge in [-0.1, -0.05) is 0 Å². The van der Waals surface area contributed by atoms with E-state index in [-0.39, 0.29) is 19.0 Å². The van der Waals surface area contributed by atoms with Crippen molar-refractivity contribution >= 4 is 11.9 Å². The van der Waals surface area contributed by atoms with Crippen LogP contribution < -0.4 is 5.48 Å². The molecule has 0 spiro atoms. The molecular weight excluding hydrogens is 254 g/mol. The minimum atomic E-state index is -0.347. The molecule has 1 aromatic heterocycles. The standard InChI is InChI=1S/C11H17N3O5/c1-12-11(18-5-4-10(15)16-2)8-7-19-9(14-8)6-13-17-3/h7,13H,4-6H2,1-3H3/b12-11-. The third kappa shape index (κ3) is 5.06. The number of carbonyl (C=O) groups excluding carboxylic acids is 1. The molecule has 0 unspecified atom stereocenters. The van der Waals surface area contributed by atoms with Crippen molar-refractivity contribution in [3.63, 3.8) is 0 Å². The SMILES string of the molecule is C/N=C(\OCCC(=O)OC)c1coc(CNOC)n1. The highest BCUT2D eigenvalue weighted by Crippen LogP contribution is 2.05. The Bertz CT molecular complexity index is 430. The zero-order chi connectivity index (χ0) is 14.1. The van der Waals surface area contributed by atoms with Crippen molar-refractivity contribution < 1.29 is 23.5 Å². The summed E-state index contributed by atoms with van der Waals surface area (Å²) in [5.41, 5.74) is 3.06. The van der Waals surface area contributed by atoms with Crippen LogP contribution in [0.4, 0.5) is 0 Å². The number of ether oxygens (including phenoxy) is 2. The zero-order valence-electron chi connectivity index (χ0n) is 11.1. The van der Waals surface area contributed by atoms with Gasteiger partial charge in [0, 0.05) is 7.05 Å². The number of aromatic nitrogens is 1. The van der Waals surface area contributed by atoms with Crippen LogP contribution in [0.25, 0.3) is 0 Å². The fraction of sp³-hybridized carbons (Fsp3) is 0.545. The second kappa shape index (κ2) is 8.22. The lowest BCUT2D eigenvalue weighted by atomic mass is 10.4. The van der Waals surface area contributed by atoms with E-state index in [1.807, 2.05) is 0 Å². The van der Waals surface area contributed by atoms with E-state index < -0.39 is 0 Å². The fourth-order valence-corrected chi connectivity index (χ4v) is 1.21. The summed E-state index contributed by atoms with van der Waals surface area (Å²) in [5.74, 6) is 0.395. The minimum Gasteiger partial charge on any atom is -0.476 e. The first-order valence-corrected chi connectivity index (χ1v) is 5.58. The van der Waals surface area contributed by atoms with Crippen LogP contribution in [0.3, 0.4) is 0 Å². The van der Waals surface area contributed by atoms with Crippen LogP contribution in [-0.2, 0) is 25.7 Å². The minimum absolute atomic E-state index is 0.144. The van der Waals surface area contributed by atoms with Gasteiger partial charge >= 0.3 is 5.97 Å². The van der Waals surface area contributed by atoms with Gasteiger partial charge in [0.2, 0.25) is 11.8 Å². The summed E-state index contributed by atoms with van der Waals surface area (Å²) >= 11 is 0. The Hall–Kier alpha value is -1.93. The summed E-state index contributed by atoms with van der Waals surface area (Å²) in [4.78, 5) is 23.7. The molecule has 0 aliphatic heterocycles. The first-order chi connectivity index (χ1) is 9.21. The Morgan fingerprint density at radius 2 is 2.32 bits per heavy atom. The van der Waals surface area contributed by atoms with Crippen molar-refractivity contribution in [2.24, 2.45) is 4.99 Å². The van der Waals surface area contributed by atoms with E-state index in [2.05, 4.69) is 25.0 Å². The summed E-state index contributed by atoms with van der Waals surface area (Å²) in [5, 5.41) is 0. The number of hydrogen-bond donors (Lipinski definition) is 1. The zero-order valence-corrected chi connectivity index (χ0v) is 11.1. The lowest BCUT2D eigenvalue weighted by Gasteiger charge is -2.05. The highest BCUT2D eigenvalue weighted by Gasteiger charge is 2.12. The molecule has 0 radical (unpaired) electrons. The van der Waals surface area contributed by atoms with Crippen molar-refractivity contribution in [1.29, 1.82) is 0 Å². The number of nitrogens with zero attached hydrogens (tertiary/aromatic N) is 2. The predicted molar refractivity (Wildman–Crippen MR) is 65.4 cm³/mol. The van der Waals surface area contributed by atoms with Crippen LogP contribution in [0.2, 0.25) is 0 Å². The topological polar surface area (TPSA) is 95.2 Å². The maximum atomic E-state index is 10.9. The Balaban J connectivity index is 2.50. The molecule has 1 N–H and O–H groups in total. The lowest BCUT2D eigenvalue weighted by molar-refractivity contribution is -0.141. The Kier molecular flexibility index (Phi) is 6.55. The molecule has 1 aromatic rings. The Labute approximate surface area is 110 Å². The van der Waals surface area contributed by atoms with E-state index in [1.165, 1.54) is 20.5 Å². The molecule has 0 aliphatic rings. The molecule has 0 aromatic carbocycles. The smallest absolute Gasteiger partial charge is 0.308 e. The highest BCUT2D eigenvalue weighted by atomic mass is 16.6. The molecule has 19 heavy (non-hydrogen) atoms. The summed E-state index contributed by atoms with van der Waals surface area (Å²) in [6.45, 7) is 0.494. The number of esters is 1. The maximum absolute atomic E-state index is 10.9. The third-order valence-corrected chi connectivity index (χ3v) is 2.11. The van der Waals surface area contributed by atoms with E-state index >= 15 is 0 Å². The molecule has 0 atom stereocenters. The second-order valence-corrected chi connectivity index (χ2v) is 3.36. The summed E-state index contributed by atoms with van der Waals surface area (Å²) in [6, 6.07) is 0. The number of hydroxylamine groups is 1. The summed E-state index contributed by atoms with van der Waals surface area (Å²) < 4.78 is 15.0. The van der Waals surface area contributed by atoms with Crippen molar-refractivity contribution in [2.75, 3.05) is 27.9 Å². The van der Waals surface area contributed by atoms with Gasteiger partial charge in [0.25, 0.3) is 0 Å².